The number of amides is 2. The van der Waals surface area contributed by atoms with Gasteiger partial charge < -0.3 is 5.32 Å². The lowest BCUT2D eigenvalue weighted by atomic mass is 9.98. The van der Waals surface area contributed by atoms with Gasteiger partial charge in [0.25, 0.3) is 0 Å². The minimum atomic E-state index is -0.333. The standard InChI is InChI=1S/C20H21FN6O/c1-22-20(28)24-17-11-14(7-8-23-17)18-16-12-26(2)9-10-27(16)25-19(18)13-3-5-15(21)6-4-13/h3-8,11H,9-10,12H2,1-2H3,(H2,22,23,24,28). The lowest BCUT2D eigenvalue weighted by Crippen LogP contribution is -2.30. The Morgan fingerprint density at radius 3 is 2.68 bits per heavy atom. The van der Waals surface area contributed by atoms with E-state index in [1.165, 1.54) is 12.1 Å². The van der Waals surface area contributed by atoms with Crippen LogP contribution in [0.1, 0.15) is 5.69 Å². The van der Waals surface area contributed by atoms with Crippen molar-refractivity contribution >= 4 is 11.8 Å². The van der Waals surface area contributed by atoms with Crippen LogP contribution >= 0.6 is 0 Å². The van der Waals surface area contributed by atoms with E-state index in [1.54, 1.807) is 25.4 Å². The van der Waals surface area contributed by atoms with Crippen molar-refractivity contribution in [3.63, 3.8) is 0 Å². The van der Waals surface area contributed by atoms with Crippen molar-refractivity contribution < 1.29 is 9.18 Å². The van der Waals surface area contributed by atoms with E-state index < -0.39 is 0 Å². The Labute approximate surface area is 162 Å². The van der Waals surface area contributed by atoms with Crippen molar-refractivity contribution in [3.8, 4) is 22.4 Å². The third-order valence-electron chi connectivity index (χ3n) is 4.81. The quantitative estimate of drug-likeness (QED) is 0.733. The van der Waals surface area contributed by atoms with Gasteiger partial charge in [-0.2, -0.15) is 5.10 Å². The van der Waals surface area contributed by atoms with Crippen molar-refractivity contribution in [2.24, 2.45) is 0 Å². The fraction of sp³-hybridized carbons (Fsp3) is 0.250. The van der Waals surface area contributed by atoms with Crippen LogP contribution in [-0.4, -0.2) is 46.3 Å². The molecule has 2 aromatic heterocycles. The summed E-state index contributed by atoms with van der Waals surface area (Å²) in [5.41, 5.74) is 4.60. The first-order valence-electron chi connectivity index (χ1n) is 9.04. The fourth-order valence-electron chi connectivity index (χ4n) is 3.39. The number of benzene rings is 1. The number of nitrogens with one attached hydrogen (secondary N) is 2. The summed E-state index contributed by atoms with van der Waals surface area (Å²) in [5, 5.41) is 10.0. The van der Waals surface area contributed by atoms with E-state index in [9.17, 15) is 9.18 Å². The maximum atomic E-state index is 13.4. The van der Waals surface area contributed by atoms with Crippen LogP contribution in [0.25, 0.3) is 22.4 Å². The number of hydrogen-bond donors (Lipinski definition) is 2. The normalized spacial score (nSPS) is 13.8. The molecule has 8 heteroatoms. The Kier molecular flexibility index (Phi) is 4.79. The molecule has 3 aromatic rings. The van der Waals surface area contributed by atoms with E-state index in [2.05, 4.69) is 27.6 Å². The van der Waals surface area contributed by atoms with E-state index in [4.69, 9.17) is 5.10 Å². The number of anilines is 1. The molecule has 4 rings (SSSR count). The highest BCUT2D eigenvalue weighted by atomic mass is 19.1. The summed E-state index contributed by atoms with van der Waals surface area (Å²) in [7, 11) is 3.62. The van der Waals surface area contributed by atoms with Gasteiger partial charge in [-0.25, -0.2) is 14.2 Å². The van der Waals surface area contributed by atoms with Gasteiger partial charge in [-0.05, 0) is 49.0 Å². The highest BCUT2D eigenvalue weighted by molar-refractivity contribution is 5.90. The summed E-state index contributed by atoms with van der Waals surface area (Å²) in [6.45, 7) is 2.45. The number of urea groups is 1. The molecule has 2 N–H and O–H groups in total. The summed E-state index contributed by atoms with van der Waals surface area (Å²) in [5.74, 6) is 0.168. The molecule has 144 valence electrons. The molecule has 0 radical (unpaired) electrons. The van der Waals surface area contributed by atoms with Gasteiger partial charge in [-0.3, -0.25) is 14.9 Å². The summed E-state index contributed by atoms with van der Waals surface area (Å²) < 4.78 is 15.4. The van der Waals surface area contributed by atoms with Crippen LogP contribution in [0.3, 0.4) is 0 Å². The highest BCUT2D eigenvalue weighted by Crippen LogP contribution is 2.36. The summed E-state index contributed by atoms with van der Waals surface area (Å²) in [6.07, 6.45) is 1.66. The number of carbonyl (C=O) groups is 1. The molecule has 0 unspecified atom stereocenters. The van der Waals surface area contributed by atoms with Crippen LogP contribution in [0.15, 0.2) is 42.6 Å². The van der Waals surface area contributed by atoms with E-state index >= 15 is 0 Å². The predicted octanol–water partition coefficient (Wildman–Crippen LogP) is 2.95. The van der Waals surface area contributed by atoms with Crippen molar-refractivity contribution in [1.82, 2.24) is 25.0 Å². The molecule has 0 saturated carbocycles. The highest BCUT2D eigenvalue weighted by Gasteiger charge is 2.24. The number of aromatic nitrogens is 3. The Bertz CT molecular complexity index is 1010. The fourth-order valence-corrected chi connectivity index (χ4v) is 3.39. The van der Waals surface area contributed by atoms with Crippen LogP contribution in [-0.2, 0) is 13.1 Å². The number of pyridine rings is 1. The minimum absolute atomic E-state index is 0.282. The first kappa shape index (κ1) is 18.1. The smallest absolute Gasteiger partial charge is 0.320 e. The zero-order chi connectivity index (χ0) is 19.7. The molecule has 1 aliphatic rings. The minimum Gasteiger partial charge on any atom is -0.341 e. The predicted molar refractivity (Wildman–Crippen MR) is 105 cm³/mol. The second-order valence-electron chi connectivity index (χ2n) is 6.77. The molecule has 0 aliphatic carbocycles. The van der Waals surface area contributed by atoms with Crippen molar-refractivity contribution in [1.29, 1.82) is 0 Å². The first-order valence-corrected chi connectivity index (χ1v) is 9.04. The van der Waals surface area contributed by atoms with E-state index in [1.807, 2.05) is 16.8 Å². The topological polar surface area (TPSA) is 75.1 Å². The van der Waals surface area contributed by atoms with Gasteiger partial charge in [0, 0.05) is 37.5 Å². The number of hydrogen-bond acceptors (Lipinski definition) is 4. The third kappa shape index (κ3) is 3.46. The van der Waals surface area contributed by atoms with Gasteiger partial charge in [0.1, 0.15) is 17.3 Å². The number of likely N-dealkylation sites (N-methyl/N-ethyl adjacent to an activating group) is 1. The largest absolute Gasteiger partial charge is 0.341 e. The van der Waals surface area contributed by atoms with E-state index in [0.717, 1.165) is 47.7 Å². The Morgan fingerprint density at radius 2 is 1.93 bits per heavy atom. The van der Waals surface area contributed by atoms with Gasteiger partial charge in [-0.1, -0.05) is 0 Å². The second kappa shape index (κ2) is 7.40. The molecule has 1 aromatic carbocycles. The molecule has 28 heavy (non-hydrogen) atoms. The molecule has 0 spiro atoms. The van der Waals surface area contributed by atoms with Crippen LogP contribution < -0.4 is 10.6 Å². The number of fused-ring (bicyclic) bond motifs is 1. The number of carbonyl (C=O) groups excluding carboxylic acids is 1. The molecule has 2 amide bonds. The second-order valence-corrected chi connectivity index (χ2v) is 6.77. The maximum Gasteiger partial charge on any atom is 0.320 e. The van der Waals surface area contributed by atoms with E-state index in [0.29, 0.717) is 5.82 Å². The van der Waals surface area contributed by atoms with Crippen LogP contribution in [0.2, 0.25) is 0 Å². The molecule has 1 aliphatic heterocycles. The lowest BCUT2D eigenvalue weighted by Gasteiger charge is -2.24. The molecule has 0 atom stereocenters. The average molecular weight is 380 g/mol. The van der Waals surface area contributed by atoms with Crippen molar-refractivity contribution in [2.45, 2.75) is 13.1 Å². The van der Waals surface area contributed by atoms with Gasteiger partial charge in [0.2, 0.25) is 0 Å². The monoisotopic (exact) mass is 380 g/mol. The molecule has 0 fully saturated rings. The van der Waals surface area contributed by atoms with Crippen molar-refractivity contribution in [2.75, 3.05) is 26.0 Å². The molecule has 0 saturated heterocycles. The number of rotatable bonds is 3. The summed E-state index contributed by atoms with van der Waals surface area (Å²) >= 11 is 0. The van der Waals surface area contributed by atoms with Crippen LogP contribution in [0.4, 0.5) is 15.0 Å². The first-order chi connectivity index (χ1) is 13.5. The Balaban J connectivity index is 1.85. The summed E-state index contributed by atoms with van der Waals surface area (Å²) in [4.78, 5) is 18.1. The third-order valence-corrected chi connectivity index (χ3v) is 4.81. The average Bonchev–Trinajstić information content (AvgIpc) is 3.07. The number of nitrogens with zero attached hydrogens (tertiary/aromatic N) is 4. The molecule has 7 nitrogen and oxygen atoms in total. The molecular formula is C20H21FN6O. The molecular weight excluding hydrogens is 359 g/mol. The zero-order valence-corrected chi connectivity index (χ0v) is 15.7. The Hall–Kier alpha value is -3.26. The Morgan fingerprint density at radius 1 is 1.14 bits per heavy atom. The number of halogens is 1. The van der Waals surface area contributed by atoms with Crippen molar-refractivity contribution in [3.05, 3.63) is 54.1 Å². The van der Waals surface area contributed by atoms with Gasteiger partial charge in [0.15, 0.2) is 0 Å². The SMILES string of the molecule is CNC(=O)Nc1cc(-c2c(-c3ccc(F)cc3)nn3c2CN(C)CC3)ccn1. The van der Waals surface area contributed by atoms with Gasteiger partial charge in [-0.15, -0.1) is 0 Å². The zero-order valence-electron chi connectivity index (χ0n) is 15.7. The van der Waals surface area contributed by atoms with Gasteiger partial charge in [0.05, 0.1) is 12.2 Å². The molecule has 0 bridgehead atoms. The molecule has 3 heterocycles. The summed E-state index contributed by atoms with van der Waals surface area (Å²) in [6, 6.07) is 9.75. The van der Waals surface area contributed by atoms with Crippen LogP contribution in [0, 0.1) is 5.82 Å². The maximum absolute atomic E-state index is 13.4. The van der Waals surface area contributed by atoms with Crippen LogP contribution in [0.5, 0.6) is 0 Å². The lowest BCUT2D eigenvalue weighted by molar-refractivity contribution is 0.254. The van der Waals surface area contributed by atoms with E-state index in [-0.39, 0.29) is 11.8 Å². The van der Waals surface area contributed by atoms with Gasteiger partial charge >= 0.3 is 6.03 Å².